The molecule has 2 N–H and O–H groups in total. The Morgan fingerprint density at radius 3 is 3.00 bits per heavy atom. The molecule has 7 nitrogen and oxygen atoms in total. The molecule has 1 aromatic carbocycles. The van der Waals surface area contributed by atoms with Crippen LogP contribution in [0.5, 0.6) is 0 Å². The first-order valence-corrected chi connectivity index (χ1v) is 5.02. The van der Waals surface area contributed by atoms with Crippen molar-refractivity contribution in [1.82, 2.24) is 0 Å². The second kappa shape index (κ2) is 7.48. The smallest absolute Gasteiger partial charge is 0.270 e. The predicted molar refractivity (Wildman–Crippen MR) is 68.4 cm³/mol. The molecule has 7 heteroatoms. The first-order valence-electron chi connectivity index (χ1n) is 5.02. The Morgan fingerprint density at radius 2 is 2.28 bits per heavy atom. The fourth-order valence-electron chi connectivity index (χ4n) is 1.24. The van der Waals surface area contributed by atoms with Crippen LogP contribution in [0.15, 0.2) is 40.6 Å². The van der Waals surface area contributed by atoms with Gasteiger partial charge in [0.15, 0.2) is 0 Å². The highest BCUT2D eigenvalue weighted by Gasteiger charge is 2.01. The van der Waals surface area contributed by atoms with E-state index < -0.39 is 5.91 Å². The third-order valence-electron chi connectivity index (χ3n) is 1.94. The van der Waals surface area contributed by atoms with Crippen molar-refractivity contribution < 1.29 is 10.0 Å². The minimum atomic E-state index is -0.534. The summed E-state index contributed by atoms with van der Waals surface area (Å²) in [5.74, 6) is -0.534. The summed E-state index contributed by atoms with van der Waals surface area (Å²) in [6.07, 6.45) is 4.16. The van der Waals surface area contributed by atoms with Gasteiger partial charge in [-0.15, -0.1) is 0 Å². The SMILES string of the molecule is [N-]=[N+]=NCC=Cc1ccccc1NC(=O)C=NO. The average molecular weight is 245 g/mol. The Bertz CT molecular complexity index is 518. The highest BCUT2D eigenvalue weighted by molar-refractivity contribution is 6.31. The molecular weight excluding hydrogens is 234 g/mol. The van der Waals surface area contributed by atoms with Crippen molar-refractivity contribution in [3.05, 3.63) is 46.3 Å². The summed E-state index contributed by atoms with van der Waals surface area (Å²) in [4.78, 5) is 13.9. The van der Waals surface area contributed by atoms with Crippen LogP contribution in [0.2, 0.25) is 0 Å². The number of nitrogens with one attached hydrogen (secondary N) is 1. The van der Waals surface area contributed by atoms with E-state index in [1.807, 2.05) is 6.07 Å². The van der Waals surface area contributed by atoms with E-state index in [9.17, 15) is 4.79 Å². The van der Waals surface area contributed by atoms with E-state index >= 15 is 0 Å². The van der Waals surface area contributed by atoms with Crippen LogP contribution in [0.4, 0.5) is 5.69 Å². The number of azide groups is 1. The number of nitrogens with zero attached hydrogens (tertiary/aromatic N) is 4. The molecule has 0 spiro atoms. The molecule has 0 fully saturated rings. The molecular formula is C11H11N5O2. The maximum absolute atomic E-state index is 11.2. The normalized spacial score (nSPS) is 10.4. The fourth-order valence-corrected chi connectivity index (χ4v) is 1.24. The Balaban J connectivity index is 2.82. The van der Waals surface area contributed by atoms with Crippen molar-refractivity contribution in [2.24, 2.45) is 10.3 Å². The van der Waals surface area contributed by atoms with E-state index in [2.05, 4.69) is 20.5 Å². The third kappa shape index (κ3) is 4.38. The monoisotopic (exact) mass is 245 g/mol. The maximum atomic E-state index is 11.2. The summed E-state index contributed by atoms with van der Waals surface area (Å²) in [5.41, 5.74) is 9.45. The molecule has 0 aromatic heterocycles. The lowest BCUT2D eigenvalue weighted by atomic mass is 10.1. The van der Waals surface area contributed by atoms with Gasteiger partial charge in [0.05, 0.1) is 0 Å². The zero-order valence-corrected chi connectivity index (χ0v) is 9.39. The van der Waals surface area contributed by atoms with Gasteiger partial charge in [-0.2, -0.15) is 0 Å². The molecule has 0 aliphatic rings. The van der Waals surface area contributed by atoms with Gasteiger partial charge in [-0.05, 0) is 17.2 Å². The first kappa shape index (κ1) is 13.3. The number of benzene rings is 1. The predicted octanol–water partition coefficient (Wildman–Crippen LogP) is 2.41. The summed E-state index contributed by atoms with van der Waals surface area (Å²) in [6, 6.07) is 7.06. The quantitative estimate of drug-likeness (QED) is 0.207. The third-order valence-corrected chi connectivity index (χ3v) is 1.94. The van der Waals surface area contributed by atoms with Crippen LogP contribution in [0.1, 0.15) is 5.56 Å². The molecule has 1 rings (SSSR count). The first-order chi connectivity index (χ1) is 8.77. The molecule has 18 heavy (non-hydrogen) atoms. The molecule has 1 amide bonds. The number of amides is 1. The van der Waals surface area contributed by atoms with Gasteiger partial charge in [0, 0.05) is 17.1 Å². The molecule has 0 aliphatic heterocycles. The number of carbonyl (C=O) groups excluding carboxylic acids is 1. The van der Waals surface area contributed by atoms with Gasteiger partial charge in [0.2, 0.25) is 0 Å². The van der Waals surface area contributed by atoms with Crippen LogP contribution in [0.3, 0.4) is 0 Å². The summed E-state index contributed by atoms with van der Waals surface area (Å²) in [6.45, 7) is 0.233. The lowest BCUT2D eigenvalue weighted by Crippen LogP contribution is -2.13. The number of oxime groups is 1. The van der Waals surface area contributed by atoms with Crippen LogP contribution in [0.25, 0.3) is 16.5 Å². The summed E-state index contributed by atoms with van der Waals surface area (Å²) in [7, 11) is 0. The summed E-state index contributed by atoms with van der Waals surface area (Å²) in [5, 5.41) is 16.8. The standard InChI is InChI=1S/C11H11N5O2/c12-16-13-7-3-5-9-4-1-2-6-10(9)15-11(17)8-14-18/h1-6,8,18H,7H2,(H,15,17). The zero-order chi connectivity index (χ0) is 13.2. The van der Waals surface area contributed by atoms with Crippen LogP contribution in [-0.4, -0.2) is 23.9 Å². The van der Waals surface area contributed by atoms with E-state index in [0.717, 1.165) is 11.8 Å². The average Bonchev–Trinajstić information content (AvgIpc) is 2.37. The number of para-hydroxylation sites is 1. The molecule has 0 unspecified atom stereocenters. The Hall–Kier alpha value is -2.79. The zero-order valence-electron chi connectivity index (χ0n) is 9.39. The van der Waals surface area contributed by atoms with Crippen LogP contribution in [0, 0.1) is 0 Å². The van der Waals surface area contributed by atoms with E-state index in [1.54, 1.807) is 30.4 Å². The highest BCUT2D eigenvalue weighted by atomic mass is 16.4. The number of hydrogen-bond acceptors (Lipinski definition) is 4. The van der Waals surface area contributed by atoms with Gasteiger partial charge < -0.3 is 10.5 Å². The number of carbonyl (C=O) groups is 1. The minimum Gasteiger partial charge on any atom is -0.411 e. The number of hydrogen-bond donors (Lipinski definition) is 2. The Morgan fingerprint density at radius 1 is 1.50 bits per heavy atom. The molecule has 0 saturated carbocycles. The van der Waals surface area contributed by atoms with E-state index in [0.29, 0.717) is 5.69 Å². The highest BCUT2D eigenvalue weighted by Crippen LogP contribution is 2.16. The number of rotatable bonds is 5. The molecule has 0 atom stereocenters. The lowest BCUT2D eigenvalue weighted by Gasteiger charge is -2.05. The van der Waals surface area contributed by atoms with Crippen molar-refractivity contribution in [2.45, 2.75) is 0 Å². The van der Waals surface area contributed by atoms with Crippen LogP contribution >= 0.6 is 0 Å². The molecule has 0 bridgehead atoms. The van der Waals surface area contributed by atoms with E-state index in [-0.39, 0.29) is 6.54 Å². The lowest BCUT2D eigenvalue weighted by molar-refractivity contribution is -0.110. The topological polar surface area (TPSA) is 110 Å². The van der Waals surface area contributed by atoms with Crippen molar-refractivity contribution in [2.75, 3.05) is 11.9 Å². The van der Waals surface area contributed by atoms with Crippen LogP contribution in [-0.2, 0) is 4.79 Å². The largest absolute Gasteiger partial charge is 0.411 e. The van der Waals surface area contributed by atoms with Crippen molar-refractivity contribution in [3.63, 3.8) is 0 Å². The van der Waals surface area contributed by atoms with Crippen molar-refractivity contribution in [1.29, 1.82) is 0 Å². The second-order valence-corrected chi connectivity index (χ2v) is 3.14. The fraction of sp³-hybridized carbons (Fsp3) is 0.0909. The van der Waals surface area contributed by atoms with Gasteiger partial charge in [-0.1, -0.05) is 40.6 Å². The van der Waals surface area contributed by atoms with Crippen molar-refractivity contribution in [3.8, 4) is 0 Å². The summed E-state index contributed by atoms with van der Waals surface area (Å²) >= 11 is 0. The molecule has 92 valence electrons. The van der Waals surface area contributed by atoms with Crippen molar-refractivity contribution >= 4 is 23.9 Å². The summed E-state index contributed by atoms with van der Waals surface area (Å²) < 4.78 is 0. The van der Waals surface area contributed by atoms with Gasteiger partial charge in [0.25, 0.3) is 5.91 Å². The molecule has 0 radical (unpaired) electrons. The Kier molecular flexibility index (Phi) is 5.52. The maximum Gasteiger partial charge on any atom is 0.270 e. The van der Waals surface area contributed by atoms with Gasteiger partial charge in [-0.25, -0.2) is 0 Å². The van der Waals surface area contributed by atoms with Gasteiger partial charge in [0.1, 0.15) is 6.21 Å². The van der Waals surface area contributed by atoms with E-state index in [4.69, 9.17) is 10.7 Å². The minimum absolute atomic E-state index is 0.233. The molecule has 0 heterocycles. The van der Waals surface area contributed by atoms with E-state index in [1.165, 1.54) is 0 Å². The second-order valence-electron chi connectivity index (χ2n) is 3.14. The Labute approximate surface area is 103 Å². The van der Waals surface area contributed by atoms with Gasteiger partial charge in [-0.3, -0.25) is 4.79 Å². The number of anilines is 1. The molecule has 0 saturated heterocycles. The van der Waals surface area contributed by atoms with Gasteiger partial charge >= 0.3 is 0 Å². The molecule has 0 aliphatic carbocycles. The van der Waals surface area contributed by atoms with Crippen LogP contribution < -0.4 is 5.32 Å². The molecule has 1 aromatic rings.